The number of rotatable bonds is 1. The zero-order valence-electron chi connectivity index (χ0n) is 8.09. The van der Waals surface area contributed by atoms with E-state index in [1.54, 1.807) is 12.4 Å². The lowest BCUT2D eigenvalue weighted by Gasteiger charge is -2.02. The molecule has 0 N–H and O–H groups in total. The van der Waals surface area contributed by atoms with E-state index in [4.69, 9.17) is 0 Å². The fourth-order valence-electron chi connectivity index (χ4n) is 1.66. The van der Waals surface area contributed by atoms with E-state index in [9.17, 15) is 0 Å². The highest BCUT2D eigenvalue weighted by Gasteiger charge is 2.09. The molecule has 0 aromatic carbocycles. The van der Waals surface area contributed by atoms with Gasteiger partial charge in [-0.15, -0.1) is 0 Å². The second-order valence-electron chi connectivity index (χ2n) is 3.43. The summed E-state index contributed by atoms with van der Waals surface area (Å²) in [4.78, 5) is 12.9. The second-order valence-corrected chi connectivity index (χ2v) is 3.43. The van der Waals surface area contributed by atoms with E-state index in [1.807, 2.05) is 24.4 Å². The molecular weight excluding hydrogens is 186 g/mol. The van der Waals surface area contributed by atoms with Crippen LogP contribution in [-0.4, -0.2) is 15.0 Å². The maximum Gasteiger partial charge on any atom is 0.0893 e. The van der Waals surface area contributed by atoms with Gasteiger partial charge in [0.2, 0.25) is 0 Å². The van der Waals surface area contributed by atoms with Gasteiger partial charge in [-0.3, -0.25) is 9.97 Å². The summed E-state index contributed by atoms with van der Waals surface area (Å²) in [5.41, 5.74) is 4.01. The molecule has 2 heterocycles. The number of nitrogens with zero attached hydrogens (tertiary/aromatic N) is 3. The van der Waals surface area contributed by atoms with Crippen LogP contribution in [0.3, 0.4) is 0 Å². The molecule has 3 rings (SSSR count). The monoisotopic (exact) mass is 195 g/mol. The largest absolute Gasteiger partial charge is 0.265 e. The van der Waals surface area contributed by atoms with E-state index >= 15 is 0 Å². The molecule has 0 fully saturated rings. The first kappa shape index (κ1) is 8.29. The van der Waals surface area contributed by atoms with E-state index in [1.165, 1.54) is 0 Å². The molecule has 2 aromatic heterocycles. The molecule has 3 nitrogen and oxygen atoms in total. The molecule has 0 radical (unpaired) electrons. The van der Waals surface area contributed by atoms with Gasteiger partial charge in [-0.25, -0.2) is 4.98 Å². The van der Waals surface area contributed by atoms with Crippen LogP contribution in [0.4, 0.5) is 0 Å². The van der Waals surface area contributed by atoms with Crippen LogP contribution in [0.15, 0.2) is 36.8 Å². The Morgan fingerprint density at radius 3 is 2.87 bits per heavy atom. The highest BCUT2D eigenvalue weighted by Crippen LogP contribution is 2.20. The SMILES string of the molecule is C1=Cc2nc(-c3ccncc3)cnc2C1. The highest BCUT2D eigenvalue weighted by molar-refractivity contribution is 5.62. The molecule has 0 saturated heterocycles. The van der Waals surface area contributed by atoms with Gasteiger partial charge in [-0.1, -0.05) is 6.08 Å². The quantitative estimate of drug-likeness (QED) is 0.699. The van der Waals surface area contributed by atoms with Gasteiger partial charge in [0.05, 0.1) is 23.3 Å². The molecule has 2 aromatic rings. The summed E-state index contributed by atoms with van der Waals surface area (Å²) in [5, 5.41) is 0. The Balaban J connectivity index is 2.11. The van der Waals surface area contributed by atoms with Gasteiger partial charge in [0.15, 0.2) is 0 Å². The van der Waals surface area contributed by atoms with Crippen LogP contribution < -0.4 is 0 Å². The van der Waals surface area contributed by atoms with E-state index < -0.39 is 0 Å². The predicted octanol–water partition coefficient (Wildman–Crippen LogP) is 2.11. The van der Waals surface area contributed by atoms with Crippen molar-refractivity contribution in [3.63, 3.8) is 0 Å². The molecule has 0 saturated carbocycles. The van der Waals surface area contributed by atoms with E-state index in [2.05, 4.69) is 21.0 Å². The number of pyridine rings is 1. The van der Waals surface area contributed by atoms with Crippen molar-refractivity contribution in [3.05, 3.63) is 48.2 Å². The average molecular weight is 195 g/mol. The Morgan fingerprint density at radius 1 is 1.13 bits per heavy atom. The average Bonchev–Trinajstić information content (AvgIpc) is 2.77. The van der Waals surface area contributed by atoms with Crippen molar-refractivity contribution in [1.82, 2.24) is 15.0 Å². The van der Waals surface area contributed by atoms with Gasteiger partial charge in [-0.2, -0.15) is 0 Å². The molecule has 1 aliphatic carbocycles. The third-order valence-electron chi connectivity index (χ3n) is 2.44. The minimum atomic E-state index is 0.902. The molecule has 0 unspecified atom stereocenters. The predicted molar refractivity (Wildman–Crippen MR) is 58.0 cm³/mol. The van der Waals surface area contributed by atoms with Crippen LogP contribution in [0.2, 0.25) is 0 Å². The zero-order chi connectivity index (χ0) is 10.1. The molecule has 15 heavy (non-hydrogen) atoms. The Morgan fingerprint density at radius 2 is 2.00 bits per heavy atom. The zero-order valence-corrected chi connectivity index (χ0v) is 8.09. The summed E-state index contributed by atoms with van der Waals surface area (Å²) >= 11 is 0. The maximum absolute atomic E-state index is 4.55. The summed E-state index contributed by atoms with van der Waals surface area (Å²) in [6.07, 6.45) is 10.4. The molecule has 0 aliphatic heterocycles. The standard InChI is InChI=1S/C12H9N3/c1-2-10-11(3-1)15-12(8-14-10)9-4-6-13-7-5-9/h1,3-8H,2H2. The van der Waals surface area contributed by atoms with Crippen molar-refractivity contribution < 1.29 is 0 Å². The van der Waals surface area contributed by atoms with Gasteiger partial charge in [0.25, 0.3) is 0 Å². The van der Waals surface area contributed by atoms with Gasteiger partial charge >= 0.3 is 0 Å². The minimum Gasteiger partial charge on any atom is -0.265 e. The Bertz CT molecular complexity index is 518. The van der Waals surface area contributed by atoms with Crippen molar-refractivity contribution in [1.29, 1.82) is 0 Å². The first-order valence-corrected chi connectivity index (χ1v) is 4.86. The lowest BCUT2D eigenvalue weighted by molar-refractivity contribution is 1.07. The van der Waals surface area contributed by atoms with Crippen LogP contribution in [0.1, 0.15) is 11.4 Å². The van der Waals surface area contributed by atoms with Crippen molar-refractivity contribution in [2.75, 3.05) is 0 Å². The van der Waals surface area contributed by atoms with Crippen molar-refractivity contribution in [2.45, 2.75) is 6.42 Å². The number of hydrogen-bond donors (Lipinski definition) is 0. The lowest BCUT2D eigenvalue weighted by Crippen LogP contribution is -1.94. The minimum absolute atomic E-state index is 0.902. The number of allylic oxidation sites excluding steroid dienone is 1. The third kappa shape index (κ3) is 1.42. The molecule has 3 heteroatoms. The smallest absolute Gasteiger partial charge is 0.0893 e. The van der Waals surface area contributed by atoms with Crippen LogP contribution in [0.5, 0.6) is 0 Å². The molecule has 1 aliphatic rings. The molecule has 0 bridgehead atoms. The van der Waals surface area contributed by atoms with Crippen LogP contribution in [0.25, 0.3) is 17.3 Å². The topological polar surface area (TPSA) is 38.7 Å². The normalized spacial score (nSPS) is 12.8. The summed E-state index contributed by atoms with van der Waals surface area (Å²) in [7, 11) is 0. The number of fused-ring (bicyclic) bond motifs is 1. The summed E-state index contributed by atoms with van der Waals surface area (Å²) in [6, 6.07) is 3.88. The summed E-state index contributed by atoms with van der Waals surface area (Å²) < 4.78 is 0. The fraction of sp³-hybridized carbons (Fsp3) is 0.0833. The van der Waals surface area contributed by atoms with Gasteiger partial charge in [0, 0.05) is 24.4 Å². The first-order chi connectivity index (χ1) is 7.43. The Kier molecular flexibility index (Phi) is 1.81. The summed E-state index contributed by atoms with van der Waals surface area (Å²) in [6.45, 7) is 0. The maximum atomic E-state index is 4.55. The number of hydrogen-bond acceptors (Lipinski definition) is 3. The van der Waals surface area contributed by atoms with Gasteiger partial charge in [0.1, 0.15) is 0 Å². The van der Waals surface area contributed by atoms with Crippen LogP contribution >= 0.6 is 0 Å². The first-order valence-electron chi connectivity index (χ1n) is 4.86. The highest BCUT2D eigenvalue weighted by atomic mass is 14.8. The van der Waals surface area contributed by atoms with E-state index in [0.717, 1.165) is 29.1 Å². The molecule has 0 amide bonds. The Labute approximate surface area is 87.5 Å². The second kappa shape index (κ2) is 3.28. The van der Waals surface area contributed by atoms with Crippen molar-refractivity contribution in [3.8, 4) is 11.3 Å². The van der Waals surface area contributed by atoms with Crippen LogP contribution in [0, 0.1) is 0 Å². The molecule has 72 valence electrons. The molecule has 0 atom stereocenters. The number of aromatic nitrogens is 3. The third-order valence-corrected chi connectivity index (χ3v) is 2.44. The Hall–Kier alpha value is -2.03. The lowest BCUT2D eigenvalue weighted by atomic mass is 10.2. The van der Waals surface area contributed by atoms with Crippen LogP contribution in [-0.2, 0) is 6.42 Å². The van der Waals surface area contributed by atoms with Crippen molar-refractivity contribution >= 4 is 6.08 Å². The van der Waals surface area contributed by atoms with E-state index in [0.29, 0.717) is 0 Å². The molecule has 0 spiro atoms. The van der Waals surface area contributed by atoms with Crippen molar-refractivity contribution in [2.24, 2.45) is 0 Å². The van der Waals surface area contributed by atoms with Gasteiger partial charge < -0.3 is 0 Å². The van der Waals surface area contributed by atoms with E-state index in [-0.39, 0.29) is 0 Å². The summed E-state index contributed by atoms with van der Waals surface area (Å²) in [5.74, 6) is 0. The van der Waals surface area contributed by atoms with Gasteiger partial charge in [-0.05, 0) is 18.2 Å². The fourth-order valence-corrected chi connectivity index (χ4v) is 1.66. The molecular formula is C12H9N3.